The van der Waals surface area contributed by atoms with E-state index in [2.05, 4.69) is 0 Å². The van der Waals surface area contributed by atoms with Gasteiger partial charge in [-0.25, -0.2) is 0 Å². The molecule has 0 aromatic carbocycles. The van der Waals surface area contributed by atoms with Crippen LogP contribution in [0, 0.1) is 0 Å². The SMILES string of the molecule is [CH3][Sn]([CH3])[N](S(C)(=O)=O)S(C)(=O)=O. The Bertz CT molecular complexity index is 311. The first-order valence-electron chi connectivity index (χ1n) is 3.07. The molecule has 73 valence electrons. The van der Waals surface area contributed by atoms with E-state index in [-0.39, 0.29) is 0 Å². The molecule has 0 rings (SSSR count). The van der Waals surface area contributed by atoms with Gasteiger partial charge in [0.1, 0.15) is 0 Å². The summed E-state index contributed by atoms with van der Waals surface area (Å²) in [6.07, 6.45) is 1.84. The molecule has 0 aliphatic rings. The number of sulfonamides is 2. The Morgan fingerprint density at radius 3 is 1.17 bits per heavy atom. The predicted molar refractivity (Wildman–Crippen MR) is 49.0 cm³/mol. The molecule has 0 aliphatic heterocycles. The molecule has 8 heteroatoms. The van der Waals surface area contributed by atoms with Crippen LogP contribution in [0.3, 0.4) is 0 Å². The maximum absolute atomic E-state index is 11.0. The van der Waals surface area contributed by atoms with Crippen molar-refractivity contribution >= 4 is 40.1 Å². The fourth-order valence-electron chi connectivity index (χ4n) is 0.909. The second-order valence-electron chi connectivity index (χ2n) is 2.67. The molecule has 0 unspecified atom stereocenters. The normalized spacial score (nSPS) is 14.2. The van der Waals surface area contributed by atoms with Crippen molar-refractivity contribution < 1.29 is 16.8 Å². The molecular formula is C4H12NO4S2Sn. The standard InChI is InChI=1S/C2H6NO4S2.2CH3.Sn/c1-8(4,5)3-9(2,6)7;;;/h1-2H3;2*1H3;/q-1;;;+1. The molecule has 0 aromatic rings. The number of nitrogens with zero attached hydrogens (tertiary/aromatic N) is 1. The zero-order chi connectivity index (χ0) is 10.2. The predicted octanol–water partition coefficient (Wildman–Crippen LogP) is -0.541. The van der Waals surface area contributed by atoms with Crippen molar-refractivity contribution in [2.75, 3.05) is 12.5 Å². The van der Waals surface area contributed by atoms with E-state index >= 15 is 0 Å². The van der Waals surface area contributed by atoms with Crippen LogP contribution in [0.1, 0.15) is 0 Å². The molecule has 0 aromatic heterocycles. The summed E-state index contributed by atoms with van der Waals surface area (Å²) in [7, 11) is -7.18. The summed E-state index contributed by atoms with van der Waals surface area (Å²) in [5.41, 5.74) is 0. The molecule has 0 aliphatic carbocycles. The molecular weight excluding hydrogens is 309 g/mol. The molecule has 0 saturated heterocycles. The summed E-state index contributed by atoms with van der Waals surface area (Å²) in [6.45, 7) is 0. The zero-order valence-corrected chi connectivity index (χ0v) is 11.9. The van der Waals surface area contributed by atoms with Crippen LogP contribution in [0.2, 0.25) is 9.88 Å². The average Bonchev–Trinajstić information content (AvgIpc) is 1.49. The van der Waals surface area contributed by atoms with E-state index in [0.29, 0.717) is 1.93 Å². The summed E-state index contributed by atoms with van der Waals surface area (Å²) in [5.74, 6) is 0. The molecule has 0 amide bonds. The summed E-state index contributed by atoms with van der Waals surface area (Å²) in [5, 5.41) is 0. The quantitative estimate of drug-likeness (QED) is 0.655. The van der Waals surface area contributed by atoms with E-state index in [4.69, 9.17) is 0 Å². The Hall–Kier alpha value is 0.659. The minimum atomic E-state index is -3.59. The van der Waals surface area contributed by atoms with Gasteiger partial charge in [0.15, 0.2) is 0 Å². The summed E-state index contributed by atoms with van der Waals surface area (Å²) < 4.78 is 44.7. The first kappa shape index (κ1) is 12.7. The molecule has 1 radical (unpaired) electrons. The second-order valence-corrected chi connectivity index (χ2v) is 15.1. The van der Waals surface area contributed by atoms with Gasteiger partial charge >= 0.3 is 81.2 Å². The van der Waals surface area contributed by atoms with Gasteiger partial charge in [0.2, 0.25) is 0 Å². The summed E-state index contributed by atoms with van der Waals surface area (Å²) in [6, 6.07) is 0. The van der Waals surface area contributed by atoms with E-state index < -0.39 is 40.1 Å². The topological polar surface area (TPSA) is 71.5 Å². The minimum absolute atomic E-state index is 0.683. The average molecular weight is 321 g/mol. The van der Waals surface area contributed by atoms with Crippen LogP contribution in [0.5, 0.6) is 0 Å². The van der Waals surface area contributed by atoms with E-state index in [0.717, 1.165) is 12.5 Å². The van der Waals surface area contributed by atoms with Crippen LogP contribution in [0.25, 0.3) is 0 Å². The van der Waals surface area contributed by atoms with Crippen LogP contribution in [0.4, 0.5) is 0 Å². The van der Waals surface area contributed by atoms with Gasteiger partial charge in [-0.15, -0.1) is 0 Å². The fourth-order valence-corrected chi connectivity index (χ4v) is 15.6. The van der Waals surface area contributed by atoms with Gasteiger partial charge in [0.25, 0.3) is 0 Å². The van der Waals surface area contributed by atoms with Gasteiger partial charge in [-0.3, -0.25) is 0 Å². The van der Waals surface area contributed by atoms with E-state index in [9.17, 15) is 16.8 Å². The summed E-state index contributed by atoms with van der Waals surface area (Å²) >= 11 is -2.42. The molecule has 0 bridgehead atoms. The van der Waals surface area contributed by atoms with Crippen molar-refractivity contribution in [2.45, 2.75) is 9.88 Å². The van der Waals surface area contributed by atoms with Crippen LogP contribution < -0.4 is 0 Å². The third-order valence-electron chi connectivity index (χ3n) is 0.968. The van der Waals surface area contributed by atoms with Crippen LogP contribution in [-0.4, -0.2) is 51.3 Å². The van der Waals surface area contributed by atoms with Gasteiger partial charge in [-0.1, -0.05) is 0 Å². The maximum atomic E-state index is 11.0. The summed E-state index contributed by atoms with van der Waals surface area (Å²) in [4.78, 5) is 3.40. The van der Waals surface area contributed by atoms with Crippen molar-refractivity contribution in [3.05, 3.63) is 0 Å². The number of rotatable bonds is 3. The Kier molecular flexibility index (Phi) is 4.01. The van der Waals surface area contributed by atoms with Crippen LogP contribution >= 0.6 is 0 Å². The Morgan fingerprint density at radius 2 is 1.17 bits per heavy atom. The molecule has 0 heterocycles. The zero-order valence-electron chi connectivity index (χ0n) is 7.40. The van der Waals surface area contributed by atoms with E-state index in [1.165, 1.54) is 0 Å². The molecule has 0 N–H and O–H groups in total. The third-order valence-corrected chi connectivity index (χ3v) is 16.5. The molecule has 0 atom stereocenters. The molecule has 12 heavy (non-hydrogen) atoms. The van der Waals surface area contributed by atoms with Gasteiger partial charge in [-0.05, 0) is 0 Å². The first-order chi connectivity index (χ1) is 5.07. The molecule has 0 saturated carbocycles. The van der Waals surface area contributed by atoms with E-state index in [1.807, 2.05) is 0 Å². The number of hydrogen-bond donors (Lipinski definition) is 0. The van der Waals surface area contributed by atoms with E-state index in [1.54, 1.807) is 9.88 Å². The fraction of sp³-hybridized carbons (Fsp3) is 1.00. The first-order valence-corrected chi connectivity index (χ1v) is 13.8. The van der Waals surface area contributed by atoms with Crippen molar-refractivity contribution in [1.29, 1.82) is 0 Å². The van der Waals surface area contributed by atoms with Gasteiger partial charge in [0, 0.05) is 0 Å². The Morgan fingerprint density at radius 1 is 0.917 bits per heavy atom. The Balaban J connectivity index is 5.26. The van der Waals surface area contributed by atoms with Crippen molar-refractivity contribution in [3.8, 4) is 0 Å². The Labute approximate surface area is 81.0 Å². The van der Waals surface area contributed by atoms with Gasteiger partial charge < -0.3 is 0 Å². The molecule has 0 fully saturated rings. The van der Waals surface area contributed by atoms with Crippen molar-refractivity contribution in [3.63, 3.8) is 0 Å². The van der Waals surface area contributed by atoms with Crippen LogP contribution in [0.15, 0.2) is 0 Å². The van der Waals surface area contributed by atoms with Gasteiger partial charge in [-0.2, -0.15) is 0 Å². The third kappa shape index (κ3) is 3.58. The van der Waals surface area contributed by atoms with Crippen molar-refractivity contribution in [2.24, 2.45) is 0 Å². The second kappa shape index (κ2) is 3.80. The number of hydrogen-bond acceptors (Lipinski definition) is 4. The molecule has 0 spiro atoms. The van der Waals surface area contributed by atoms with Crippen LogP contribution in [-0.2, 0) is 20.0 Å². The van der Waals surface area contributed by atoms with Gasteiger partial charge in [0.05, 0.1) is 0 Å². The monoisotopic (exact) mass is 322 g/mol. The molecule has 5 nitrogen and oxygen atoms in total. The van der Waals surface area contributed by atoms with Crippen molar-refractivity contribution in [1.82, 2.24) is 1.93 Å².